The molecule has 0 bridgehead atoms. The Hall–Kier alpha value is -1.91. The smallest absolute Gasteiger partial charge is 0.310 e. The van der Waals surface area contributed by atoms with Crippen LogP contribution in [0.25, 0.3) is 0 Å². The number of rotatable bonds is 4. The zero-order valence-corrected chi connectivity index (χ0v) is 12.7. The number of hydrogen-bond donors (Lipinski definition) is 2. The predicted octanol–water partition coefficient (Wildman–Crippen LogP) is 4.56. The lowest BCUT2D eigenvalue weighted by atomic mass is 10.0. The van der Waals surface area contributed by atoms with Crippen LogP contribution >= 0.6 is 23.2 Å². The Labute approximate surface area is 132 Å². The Morgan fingerprint density at radius 3 is 2.19 bits per heavy atom. The standard InChI is InChI=1S/C15H13Cl2NO3/c1-8(15(19)20)9-6-12(16)14(13(17)7-9)21-11-4-2-10(18)3-5-11/h2-8H,18H2,1H3,(H,19,20). The Balaban J connectivity index is 2.33. The van der Waals surface area contributed by atoms with E-state index in [1.165, 1.54) is 0 Å². The van der Waals surface area contributed by atoms with Crippen molar-refractivity contribution in [2.75, 3.05) is 5.73 Å². The van der Waals surface area contributed by atoms with Crippen LogP contribution < -0.4 is 10.5 Å². The number of ether oxygens (including phenoxy) is 1. The van der Waals surface area contributed by atoms with Gasteiger partial charge in [0.25, 0.3) is 0 Å². The van der Waals surface area contributed by atoms with E-state index < -0.39 is 11.9 Å². The minimum atomic E-state index is -0.950. The van der Waals surface area contributed by atoms with E-state index in [2.05, 4.69) is 0 Å². The minimum Gasteiger partial charge on any atom is -0.481 e. The van der Waals surface area contributed by atoms with E-state index in [-0.39, 0.29) is 15.8 Å². The highest BCUT2D eigenvalue weighted by atomic mass is 35.5. The maximum Gasteiger partial charge on any atom is 0.310 e. The van der Waals surface area contributed by atoms with Crippen LogP contribution in [0.4, 0.5) is 5.69 Å². The van der Waals surface area contributed by atoms with E-state index in [0.29, 0.717) is 17.0 Å². The summed E-state index contributed by atoms with van der Waals surface area (Å²) in [6, 6.07) is 9.85. The molecule has 1 unspecified atom stereocenters. The SMILES string of the molecule is CC(C(=O)O)c1cc(Cl)c(Oc2ccc(N)cc2)c(Cl)c1. The molecule has 0 amide bonds. The molecule has 0 saturated heterocycles. The summed E-state index contributed by atoms with van der Waals surface area (Å²) in [6.07, 6.45) is 0. The molecule has 0 saturated carbocycles. The van der Waals surface area contributed by atoms with Gasteiger partial charge in [-0.25, -0.2) is 0 Å². The van der Waals surface area contributed by atoms with Crippen LogP contribution in [0.15, 0.2) is 36.4 Å². The van der Waals surface area contributed by atoms with Crippen molar-refractivity contribution in [2.45, 2.75) is 12.8 Å². The molecule has 4 nitrogen and oxygen atoms in total. The summed E-state index contributed by atoms with van der Waals surface area (Å²) in [7, 11) is 0. The maximum atomic E-state index is 11.0. The van der Waals surface area contributed by atoms with E-state index in [1.54, 1.807) is 43.3 Å². The second-order valence-corrected chi connectivity index (χ2v) is 5.36. The molecule has 0 spiro atoms. The first-order valence-electron chi connectivity index (χ1n) is 6.13. The zero-order valence-electron chi connectivity index (χ0n) is 11.1. The highest BCUT2D eigenvalue weighted by molar-refractivity contribution is 6.37. The summed E-state index contributed by atoms with van der Waals surface area (Å²) in [6.45, 7) is 1.56. The number of anilines is 1. The summed E-state index contributed by atoms with van der Waals surface area (Å²) < 4.78 is 5.62. The third-order valence-electron chi connectivity index (χ3n) is 2.99. The number of hydrogen-bond acceptors (Lipinski definition) is 3. The van der Waals surface area contributed by atoms with Crippen LogP contribution in [0.5, 0.6) is 11.5 Å². The van der Waals surface area contributed by atoms with Crippen molar-refractivity contribution in [2.24, 2.45) is 0 Å². The molecule has 0 fully saturated rings. The van der Waals surface area contributed by atoms with Gasteiger partial charge in [0, 0.05) is 5.69 Å². The van der Waals surface area contributed by atoms with E-state index in [0.717, 1.165) is 0 Å². The number of aliphatic carboxylic acids is 1. The lowest BCUT2D eigenvalue weighted by Crippen LogP contribution is -2.07. The molecular formula is C15H13Cl2NO3. The van der Waals surface area contributed by atoms with Gasteiger partial charge in [0.1, 0.15) is 5.75 Å². The fourth-order valence-electron chi connectivity index (χ4n) is 1.72. The summed E-state index contributed by atoms with van der Waals surface area (Å²) in [4.78, 5) is 11.0. The number of benzene rings is 2. The van der Waals surface area contributed by atoms with Gasteiger partial charge < -0.3 is 15.6 Å². The van der Waals surface area contributed by atoms with Gasteiger partial charge in [-0.3, -0.25) is 4.79 Å². The normalized spacial score (nSPS) is 12.0. The zero-order chi connectivity index (χ0) is 15.6. The van der Waals surface area contributed by atoms with Crippen LogP contribution in [-0.2, 0) is 4.79 Å². The van der Waals surface area contributed by atoms with Gasteiger partial charge in [0.2, 0.25) is 0 Å². The molecule has 0 aromatic heterocycles. The number of carbonyl (C=O) groups is 1. The largest absolute Gasteiger partial charge is 0.481 e. The highest BCUT2D eigenvalue weighted by Crippen LogP contribution is 2.39. The number of nitrogen functional groups attached to an aromatic ring is 1. The topological polar surface area (TPSA) is 72.5 Å². The van der Waals surface area contributed by atoms with E-state index in [9.17, 15) is 4.79 Å². The second kappa shape index (κ2) is 6.24. The molecular weight excluding hydrogens is 313 g/mol. The number of halogens is 2. The molecule has 0 aliphatic rings. The molecule has 2 aromatic carbocycles. The Bertz CT molecular complexity index is 648. The average molecular weight is 326 g/mol. The first-order chi connectivity index (χ1) is 9.88. The van der Waals surface area contributed by atoms with Crippen LogP contribution in [-0.4, -0.2) is 11.1 Å². The Morgan fingerprint density at radius 2 is 1.71 bits per heavy atom. The van der Waals surface area contributed by atoms with Gasteiger partial charge in [-0.1, -0.05) is 23.2 Å². The Kier molecular flexibility index (Phi) is 4.60. The predicted molar refractivity (Wildman–Crippen MR) is 83.4 cm³/mol. The quantitative estimate of drug-likeness (QED) is 0.808. The minimum absolute atomic E-state index is 0.252. The van der Waals surface area contributed by atoms with Crippen molar-refractivity contribution in [1.29, 1.82) is 0 Å². The summed E-state index contributed by atoms with van der Waals surface area (Å²) in [5.74, 6) is -0.837. The van der Waals surface area contributed by atoms with Gasteiger partial charge >= 0.3 is 5.97 Å². The molecule has 0 aliphatic carbocycles. The van der Waals surface area contributed by atoms with Crippen LogP contribution in [0.3, 0.4) is 0 Å². The molecule has 1 atom stereocenters. The summed E-state index contributed by atoms with van der Waals surface area (Å²) in [5.41, 5.74) is 6.73. The van der Waals surface area contributed by atoms with Crippen LogP contribution in [0.1, 0.15) is 18.4 Å². The number of nitrogens with two attached hydrogens (primary N) is 1. The molecule has 0 radical (unpaired) electrons. The molecule has 0 aliphatic heterocycles. The fraction of sp³-hybridized carbons (Fsp3) is 0.133. The van der Waals surface area contributed by atoms with E-state index in [4.69, 9.17) is 38.8 Å². The fourth-order valence-corrected chi connectivity index (χ4v) is 2.30. The average Bonchev–Trinajstić information content (AvgIpc) is 2.43. The molecule has 2 rings (SSSR count). The molecule has 2 aromatic rings. The van der Waals surface area contributed by atoms with Crippen molar-refractivity contribution in [3.63, 3.8) is 0 Å². The molecule has 3 N–H and O–H groups in total. The van der Waals surface area contributed by atoms with Crippen LogP contribution in [0.2, 0.25) is 10.0 Å². The highest BCUT2D eigenvalue weighted by Gasteiger charge is 2.18. The van der Waals surface area contributed by atoms with Crippen molar-refractivity contribution in [1.82, 2.24) is 0 Å². The first kappa shape index (κ1) is 15.5. The van der Waals surface area contributed by atoms with Crippen molar-refractivity contribution < 1.29 is 14.6 Å². The molecule has 6 heteroatoms. The van der Waals surface area contributed by atoms with E-state index >= 15 is 0 Å². The number of carboxylic acids is 1. The van der Waals surface area contributed by atoms with Crippen molar-refractivity contribution in [3.8, 4) is 11.5 Å². The van der Waals surface area contributed by atoms with Crippen molar-refractivity contribution in [3.05, 3.63) is 52.0 Å². The van der Waals surface area contributed by atoms with E-state index in [1.807, 2.05) is 0 Å². The second-order valence-electron chi connectivity index (χ2n) is 4.54. The van der Waals surface area contributed by atoms with Crippen molar-refractivity contribution >= 4 is 34.9 Å². The molecule has 0 heterocycles. The van der Waals surface area contributed by atoms with Gasteiger partial charge in [0.05, 0.1) is 16.0 Å². The van der Waals surface area contributed by atoms with Gasteiger partial charge in [-0.05, 0) is 48.9 Å². The lowest BCUT2D eigenvalue weighted by Gasteiger charge is -2.13. The Morgan fingerprint density at radius 1 is 1.19 bits per heavy atom. The number of carboxylic acid groups (broad SMARTS) is 1. The summed E-state index contributed by atoms with van der Waals surface area (Å²) in [5, 5.41) is 9.52. The van der Waals surface area contributed by atoms with Gasteiger partial charge in [0.15, 0.2) is 5.75 Å². The molecule has 110 valence electrons. The monoisotopic (exact) mass is 325 g/mol. The third kappa shape index (κ3) is 3.60. The maximum absolute atomic E-state index is 11.0. The first-order valence-corrected chi connectivity index (χ1v) is 6.89. The van der Waals surface area contributed by atoms with Gasteiger partial charge in [-0.15, -0.1) is 0 Å². The van der Waals surface area contributed by atoms with Gasteiger partial charge in [-0.2, -0.15) is 0 Å². The molecule has 21 heavy (non-hydrogen) atoms. The van der Waals surface area contributed by atoms with Crippen LogP contribution in [0, 0.1) is 0 Å². The summed E-state index contributed by atoms with van der Waals surface area (Å²) >= 11 is 12.3. The lowest BCUT2D eigenvalue weighted by molar-refractivity contribution is -0.138. The third-order valence-corrected chi connectivity index (χ3v) is 3.55.